The fourth-order valence-electron chi connectivity index (χ4n) is 6.24. The number of aromatic nitrogens is 1. The Morgan fingerprint density at radius 3 is 2.41 bits per heavy atom. The van der Waals surface area contributed by atoms with Gasteiger partial charge in [0.1, 0.15) is 12.3 Å². The Kier molecular flexibility index (Phi) is 9.68. The lowest BCUT2D eigenvalue weighted by Crippen LogP contribution is -2.45. The number of nitrogens with zero attached hydrogens (tertiary/aromatic N) is 2. The Morgan fingerprint density at radius 2 is 1.75 bits per heavy atom. The first kappa shape index (κ1) is 32.0. The molecule has 3 aromatic rings. The average Bonchev–Trinajstić information content (AvgIpc) is 3.32. The number of methoxy groups -OCH3 is 1. The largest absolute Gasteiger partial charge is 0.495 e. The van der Waals surface area contributed by atoms with Gasteiger partial charge in [-0.05, 0) is 74.8 Å². The van der Waals surface area contributed by atoms with E-state index in [2.05, 4.69) is 27.4 Å². The maximum absolute atomic E-state index is 13.6. The number of benzene rings is 2. The number of anilines is 2. The summed E-state index contributed by atoms with van der Waals surface area (Å²) in [5.74, 6) is 6.14. The first-order chi connectivity index (χ1) is 20.9. The van der Waals surface area contributed by atoms with Gasteiger partial charge in [-0.3, -0.25) is 0 Å². The molecule has 1 aromatic heterocycles. The van der Waals surface area contributed by atoms with E-state index in [9.17, 15) is 26.7 Å². The van der Waals surface area contributed by atoms with Gasteiger partial charge in [-0.1, -0.05) is 12.0 Å². The van der Waals surface area contributed by atoms with Crippen molar-refractivity contribution in [2.45, 2.75) is 74.3 Å². The molecule has 44 heavy (non-hydrogen) atoms. The number of fused-ring (bicyclic) bond motifs is 1. The van der Waals surface area contributed by atoms with E-state index in [0.29, 0.717) is 28.4 Å². The summed E-state index contributed by atoms with van der Waals surface area (Å²) < 4.78 is 71.2. The maximum atomic E-state index is 13.6. The highest BCUT2D eigenvalue weighted by molar-refractivity contribution is 7.90. The van der Waals surface area contributed by atoms with E-state index >= 15 is 0 Å². The van der Waals surface area contributed by atoms with Crippen molar-refractivity contribution in [1.29, 1.82) is 0 Å². The second-order valence-electron chi connectivity index (χ2n) is 11.7. The number of rotatable bonds is 8. The molecule has 2 aromatic carbocycles. The summed E-state index contributed by atoms with van der Waals surface area (Å²) in [4.78, 5) is 2.60. The van der Waals surface area contributed by atoms with Crippen LogP contribution in [-0.2, 0) is 16.4 Å². The van der Waals surface area contributed by atoms with Gasteiger partial charge in [0.25, 0.3) is 0 Å². The number of hydrogen-bond donors (Lipinski definition) is 3. The summed E-state index contributed by atoms with van der Waals surface area (Å²) in [7, 11) is -1.99. The average molecular weight is 633 g/mol. The Hall–Kier alpha value is -3.40. The first-order valence-electron chi connectivity index (χ1n) is 14.9. The molecule has 12 heteroatoms. The summed E-state index contributed by atoms with van der Waals surface area (Å²) in [6.07, 6.45) is 2.16. The fourth-order valence-corrected chi connectivity index (χ4v) is 6.88. The van der Waals surface area contributed by atoms with E-state index in [1.807, 2.05) is 6.07 Å². The molecular weight excluding hydrogens is 593 g/mol. The van der Waals surface area contributed by atoms with Gasteiger partial charge < -0.3 is 29.9 Å². The Morgan fingerprint density at radius 1 is 1.02 bits per heavy atom. The minimum absolute atomic E-state index is 0.104. The Bertz CT molecular complexity index is 1630. The highest BCUT2D eigenvalue weighted by Crippen LogP contribution is 2.33. The summed E-state index contributed by atoms with van der Waals surface area (Å²) in [6.45, 7) is 0.802. The maximum Gasteiger partial charge on any atom is 0.406 e. The van der Waals surface area contributed by atoms with Crippen molar-refractivity contribution in [1.82, 2.24) is 9.47 Å². The molecule has 1 saturated carbocycles. The number of alkyl halides is 3. The van der Waals surface area contributed by atoms with Gasteiger partial charge in [0, 0.05) is 48.6 Å². The van der Waals surface area contributed by atoms with Crippen LogP contribution in [0.5, 0.6) is 5.75 Å². The predicted octanol–water partition coefficient (Wildman–Crippen LogP) is 5.26. The zero-order chi connectivity index (χ0) is 31.5. The molecule has 8 nitrogen and oxygen atoms in total. The standard InChI is InChI=1S/C32H39F3N4O4S/c1-43-31-20-26(44(2,41)42)12-13-29(31)36-16-4-5-24-19-27-28(6-3-7-30(27)39(24)21-32(33,34)35)37-22-8-10-23(11-9-22)38-17-14-25(40)15-18-38/h3,6-7,12-13,19-20,22-23,25,36-37,40H,8-11,14-18,21H2,1-2H3/t22-,23+. The van der Waals surface area contributed by atoms with Gasteiger partial charge in [0.05, 0.1) is 41.6 Å². The summed E-state index contributed by atoms with van der Waals surface area (Å²) >= 11 is 0. The van der Waals surface area contributed by atoms with Crippen LogP contribution in [0.3, 0.4) is 0 Å². The zero-order valence-corrected chi connectivity index (χ0v) is 25.8. The molecule has 0 unspecified atom stereocenters. The van der Waals surface area contributed by atoms with Crippen molar-refractivity contribution >= 4 is 32.1 Å². The number of nitrogens with one attached hydrogen (secondary N) is 2. The van der Waals surface area contributed by atoms with E-state index in [4.69, 9.17) is 4.74 Å². The quantitative estimate of drug-likeness (QED) is 0.292. The van der Waals surface area contributed by atoms with Crippen LogP contribution in [0.2, 0.25) is 0 Å². The van der Waals surface area contributed by atoms with Crippen LogP contribution in [0.1, 0.15) is 44.2 Å². The minimum atomic E-state index is -4.43. The highest BCUT2D eigenvalue weighted by Gasteiger charge is 2.31. The second-order valence-corrected chi connectivity index (χ2v) is 13.7. The van der Waals surface area contributed by atoms with Crippen molar-refractivity contribution in [2.24, 2.45) is 0 Å². The number of hydrogen-bond acceptors (Lipinski definition) is 7. The molecule has 0 spiro atoms. The molecule has 0 atom stereocenters. The predicted molar refractivity (Wildman–Crippen MR) is 166 cm³/mol. The zero-order valence-electron chi connectivity index (χ0n) is 25.0. The van der Waals surface area contributed by atoms with E-state index in [1.165, 1.54) is 23.8 Å². The number of likely N-dealkylation sites (tertiary alicyclic amines) is 1. The first-order valence-corrected chi connectivity index (χ1v) is 16.8. The molecule has 0 amide bonds. The molecule has 2 heterocycles. The molecule has 0 radical (unpaired) electrons. The summed E-state index contributed by atoms with van der Waals surface area (Å²) in [5.41, 5.74) is 2.03. The van der Waals surface area contributed by atoms with Crippen molar-refractivity contribution in [2.75, 3.05) is 43.6 Å². The third-order valence-corrected chi connectivity index (χ3v) is 9.65. The number of sulfone groups is 1. The Balaban J connectivity index is 1.31. The van der Waals surface area contributed by atoms with Crippen molar-refractivity contribution in [3.8, 4) is 17.6 Å². The fraction of sp³-hybridized carbons (Fsp3) is 0.500. The molecule has 2 fully saturated rings. The van der Waals surface area contributed by atoms with Crippen molar-refractivity contribution < 1.29 is 31.4 Å². The van der Waals surface area contributed by atoms with Gasteiger partial charge in [-0.2, -0.15) is 13.2 Å². The third-order valence-electron chi connectivity index (χ3n) is 8.54. The minimum Gasteiger partial charge on any atom is -0.495 e. The van der Waals surface area contributed by atoms with Crippen LogP contribution in [0.15, 0.2) is 47.4 Å². The van der Waals surface area contributed by atoms with Crippen molar-refractivity contribution in [3.05, 3.63) is 48.2 Å². The topological polar surface area (TPSA) is 95.8 Å². The molecule has 2 aliphatic rings. The van der Waals surface area contributed by atoms with Gasteiger partial charge >= 0.3 is 6.18 Å². The normalized spacial score (nSPS) is 20.2. The molecule has 3 N–H and O–H groups in total. The van der Waals surface area contributed by atoms with Gasteiger partial charge in [0.15, 0.2) is 9.84 Å². The van der Waals surface area contributed by atoms with Gasteiger partial charge in [-0.25, -0.2) is 8.42 Å². The lowest BCUT2D eigenvalue weighted by Gasteiger charge is -2.40. The smallest absolute Gasteiger partial charge is 0.406 e. The van der Waals surface area contributed by atoms with Crippen molar-refractivity contribution in [3.63, 3.8) is 0 Å². The molecular formula is C32H39F3N4O4S. The highest BCUT2D eigenvalue weighted by atomic mass is 32.2. The number of halogens is 3. The SMILES string of the molecule is COc1cc(S(C)(=O)=O)ccc1NCC#Cc1cc2c(N[C@H]3CC[C@@H](N4CCC(O)CC4)CC3)cccc2n1CC(F)(F)F. The molecule has 5 rings (SSSR count). The lowest BCUT2D eigenvalue weighted by molar-refractivity contribution is -0.140. The third kappa shape index (κ3) is 7.81. The van der Waals surface area contributed by atoms with Crippen LogP contribution < -0.4 is 15.4 Å². The molecule has 238 valence electrons. The van der Waals surface area contributed by atoms with E-state index in [0.717, 1.165) is 63.6 Å². The van der Waals surface area contributed by atoms with Crippen LogP contribution in [0.25, 0.3) is 10.9 Å². The number of piperidine rings is 1. The molecule has 1 aliphatic heterocycles. The number of aliphatic hydroxyl groups is 1. The lowest BCUT2D eigenvalue weighted by atomic mass is 9.88. The molecule has 1 saturated heterocycles. The van der Waals surface area contributed by atoms with Crippen LogP contribution in [0.4, 0.5) is 24.5 Å². The van der Waals surface area contributed by atoms with E-state index in [-0.39, 0.29) is 29.3 Å². The van der Waals surface area contributed by atoms with Gasteiger partial charge in [0.2, 0.25) is 0 Å². The second kappa shape index (κ2) is 13.3. The van der Waals surface area contributed by atoms with E-state index < -0.39 is 22.6 Å². The monoisotopic (exact) mass is 632 g/mol. The summed E-state index contributed by atoms with van der Waals surface area (Å²) in [5, 5.41) is 17.2. The number of aliphatic hydroxyl groups excluding tert-OH is 1. The van der Waals surface area contributed by atoms with Crippen LogP contribution in [0, 0.1) is 11.8 Å². The van der Waals surface area contributed by atoms with Crippen LogP contribution in [-0.4, -0.2) is 80.4 Å². The molecule has 0 bridgehead atoms. The Labute approximate surface area is 256 Å². The number of ether oxygens (including phenoxy) is 1. The molecule has 1 aliphatic carbocycles. The van der Waals surface area contributed by atoms with Gasteiger partial charge in [-0.15, -0.1) is 0 Å². The van der Waals surface area contributed by atoms with E-state index in [1.54, 1.807) is 24.3 Å². The van der Waals surface area contributed by atoms with Crippen LogP contribution >= 0.6 is 0 Å². The summed E-state index contributed by atoms with van der Waals surface area (Å²) in [6, 6.07) is 12.2.